The van der Waals surface area contributed by atoms with Crippen LogP contribution in [0.25, 0.3) is 11.1 Å². The van der Waals surface area contributed by atoms with Crippen LogP contribution in [0.5, 0.6) is 0 Å². The average Bonchev–Trinajstić information content (AvgIpc) is 2.82. The Morgan fingerprint density at radius 2 is 1.79 bits per heavy atom. The van der Waals surface area contributed by atoms with Crippen molar-refractivity contribution in [2.45, 2.75) is 18.7 Å². The van der Waals surface area contributed by atoms with Gasteiger partial charge in [0.25, 0.3) is 5.91 Å². The number of carboxylic acids is 1. The van der Waals surface area contributed by atoms with Gasteiger partial charge < -0.3 is 19.8 Å². The number of aliphatic hydroxyl groups is 1. The summed E-state index contributed by atoms with van der Waals surface area (Å²) < 4.78 is 5.11. The van der Waals surface area contributed by atoms with Crippen LogP contribution in [0, 0.1) is 0 Å². The van der Waals surface area contributed by atoms with E-state index in [-0.39, 0.29) is 19.8 Å². The van der Waals surface area contributed by atoms with Crippen LogP contribution < -0.4 is 0 Å². The first-order valence-corrected chi connectivity index (χ1v) is 10.5. The van der Waals surface area contributed by atoms with Gasteiger partial charge in [-0.3, -0.25) is 14.6 Å². The van der Waals surface area contributed by atoms with Crippen molar-refractivity contribution < 1.29 is 29.3 Å². The number of carbonyl (C=O) groups excluding carboxylic acids is 2. The zero-order chi connectivity index (χ0) is 23.5. The Bertz CT molecular complexity index is 1090. The van der Waals surface area contributed by atoms with Gasteiger partial charge in [0.05, 0.1) is 13.3 Å². The second-order valence-corrected chi connectivity index (χ2v) is 7.91. The van der Waals surface area contributed by atoms with Gasteiger partial charge in [0.2, 0.25) is 5.78 Å². The zero-order valence-corrected chi connectivity index (χ0v) is 18.1. The molecule has 33 heavy (non-hydrogen) atoms. The molecule has 9 nitrogen and oxygen atoms in total. The number of aliphatic carboxylic acids is 1. The van der Waals surface area contributed by atoms with Crippen molar-refractivity contribution in [1.29, 1.82) is 0 Å². The molecule has 0 saturated carbocycles. The minimum absolute atomic E-state index is 0.145. The summed E-state index contributed by atoms with van der Waals surface area (Å²) >= 11 is 0. The molecule has 0 aromatic heterocycles. The third kappa shape index (κ3) is 4.38. The number of aliphatic hydroxyl groups excluding tert-OH is 1. The zero-order valence-electron chi connectivity index (χ0n) is 18.1. The van der Waals surface area contributed by atoms with Crippen molar-refractivity contribution in [1.82, 2.24) is 14.9 Å². The van der Waals surface area contributed by atoms with Crippen molar-refractivity contribution in [3.8, 4) is 11.1 Å². The van der Waals surface area contributed by atoms with E-state index in [1.54, 1.807) is 5.01 Å². The van der Waals surface area contributed by atoms with E-state index in [0.29, 0.717) is 6.54 Å². The lowest BCUT2D eigenvalue weighted by molar-refractivity contribution is -0.183. The van der Waals surface area contributed by atoms with Crippen molar-refractivity contribution in [3.63, 3.8) is 0 Å². The van der Waals surface area contributed by atoms with Crippen LogP contribution in [0.1, 0.15) is 5.56 Å². The molecule has 0 radical (unpaired) electrons. The van der Waals surface area contributed by atoms with Crippen molar-refractivity contribution in [3.05, 3.63) is 71.9 Å². The van der Waals surface area contributed by atoms with Gasteiger partial charge in [-0.2, -0.15) is 5.01 Å². The highest BCUT2D eigenvalue weighted by Gasteiger charge is 2.49. The number of carboxylic acid groups (broad SMARTS) is 1. The predicted octanol–water partition coefficient (Wildman–Crippen LogP) is 1.10. The first kappa shape index (κ1) is 22.7. The number of hydrogen-bond acceptors (Lipinski definition) is 7. The number of Topliss-reactive ketones (excluding diaryl/α,β-unsaturated/α-hetero) is 1. The van der Waals surface area contributed by atoms with Crippen molar-refractivity contribution >= 4 is 17.7 Å². The third-order valence-electron chi connectivity index (χ3n) is 5.86. The lowest BCUT2D eigenvalue weighted by Crippen LogP contribution is -2.68. The molecule has 2 unspecified atom stereocenters. The molecule has 2 aliphatic heterocycles. The topological polar surface area (TPSA) is 111 Å². The van der Waals surface area contributed by atoms with Gasteiger partial charge in [-0.05, 0) is 16.7 Å². The van der Waals surface area contributed by atoms with Crippen LogP contribution in [-0.2, 0) is 25.7 Å². The van der Waals surface area contributed by atoms with Gasteiger partial charge in [0, 0.05) is 26.4 Å². The van der Waals surface area contributed by atoms with Crippen LogP contribution in [0.15, 0.2) is 66.4 Å². The molecule has 1 saturated heterocycles. The van der Waals surface area contributed by atoms with E-state index < -0.39 is 35.4 Å². The number of carbonyl (C=O) groups is 3. The molecule has 4 rings (SSSR count). The Labute approximate surface area is 191 Å². The van der Waals surface area contributed by atoms with E-state index in [2.05, 4.69) is 0 Å². The highest BCUT2D eigenvalue weighted by molar-refractivity contribution is 6.20. The molecule has 0 spiro atoms. The molecule has 172 valence electrons. The summed E-state index contributed by atoms with van der Waals surface area (Å²) in [5.74, 6) is -2.88. The van der Waals surface area contributed by atoms with Crippen LogP contribution in [0.2, 0.25) is 0 Å². The fraction of sp³-hybridized carbons (Fsp3) is 0.292. The Balaban J connectivity index is 1.74. The first-order valence-electron chi connectivity index (χ1n) is 10.5. The quantitative estimate of drug-likeness (QED) is 0.603. The summed E-state index contributed by atoms with van der Waals surface area (Å²) in [6.07, 6.45) is -0.635. The predicted molar refractivity (Wildman–Crippen MR) is 118 cm³/mol. The number of fused-ring (bicyclic) bond motifs is 1. The average molecular weight is 451 g/mol. The molecule has 1 amide bonds. The van der Waals surface area contributed by atoms with Gasteiger partial charge in [0.1, 0.15) is 11.7 Å². The number of benzene rings is 2. The smallest absolute Gasteiger partial charge is 0.340 e. The second-order valence-electron chi connectivity index (χ2n) is 7.91. The van der Waals surface area contributed by atoms with Gasteiger partial charge >= 0.3 is 5.97 Å². The molecule has 2 N–H and O–H groups in total. The molecule has 2 heterocycles. The van der Waals surface area contributed by atoms with E-state index >= 15 is 0 Å². The van der Waals surface area contributed by atoms with E-state index in [9.17, 15) is 24.6 Å². The lowest BCUT2D eigenvalue weighted by Gasteiger charge is -2.50. The second kappa shape index (κ2) is 9.53. The van der Waals surface area contributed by atoms with Crippen LogP contribution in [-0.4, -0.2) is 81.9 Å². The molecule has 2 aromatic carbocycles. The first-order chi connectivity index (χ1) is 15.9. The highest BCUT2D eigenvalue weighted by Crippen LogP contribution is 2.30. The molecule has 0 aliphatic carbocycles. The maximum atomic E-state index is 13.1. The number of hydrogen-bond donors (Lipinski definition) is 2. The summed E-state index contributed by atoms with van der Waals surface area (Å²) in [4.78, 5) is 38.7. The number of methoxy groups -OCH3 is 1. The minimum Gasteiger partial charge on any atom is -0.478 e. The molecule has 2 aromatic rings. The van der Waals surface area contributed by atoms with Gasteiger partial charge in [-0.25, -0.2) is 4.79 Å². The molecule has 0 bridgehead atoms. The summed E-state index contributed by atoms with van der Waals surface area (Å²) in [5, 5.41) is 23.2. The molecule has 1 fully saturated rings. The van der Waals surface area contributed by atoms with E-state index in [1.807, 2.05) is 54.6 Å². The van der Waals surface area contributed by atoms with Gasteiger partial charge in [-0.15, -0.1) is 0 Å². The summed E-state index contributed by atoms with van der Waals surface area (Å²) in [6.45, 7) is 1.02. The van der Waals surface area contributed by atoms with E-state index in [1.165, 1.54) is 17.0 Å². The largest absolute Gasteiger partial charge is 0.478 e. The van der Waals surface area contributed by atoms with Crippen LogP contribution >= 0.6 is 0 Å². The Hall–Kier alpha value is -3.53. The monoisotopic (exact) mass is 451 g/mol. The number of ketones is 1. The normalized spacial score (nSPS) is 21.1. The number of amides is 1. The Morgan fingerprint density at radius 3 is 2.48 bits per heavy atom. The number of hydrazine groups is 1. The summed E-state index contributed by atoms with van der Waals surface area (Å²) in [6, 6.07) is 16.4. The number of nitrogens with zero attached hydrogens (tertiary/aromatic N) is 3. The van der Waals surface area contributed by atoms with Gasteiger partial charge in [0.15, 0.2) is 6.04 Å². The Morgan fingerprint density at radius 1 is 1.09 bits per heavy atom. The van der Waals surface area contributed by atoms with Crippen molar-refractivity contribution in [2.75, 3.05) is 26.9 Å². The molecular weight excluding hydrogens is 426 g/mol. The fourth-order valence-electron chi connectivity index (χ4n) is 4.18. The Kier molecular flexibility index (Phi) is 6.55. The highest BCUT2D eigenvalue weighted by atomic mass is 16.5. The fourth-order valence-corrected chi connectivity index (χ4v) is 4.18. The number of rotatable bonds is 7. The molecule has 2 aliphatic rings. The van der Waals surface area contributed by atoms with Crippen LogP contribution in [0.4, 0.5) is 0 Å². The molecular formula is C24H25N3O6. The van der Waals surface area contributed by atoms with E-state index in [0.717, 1.165) is 22.9 Å². The number of ether oxygens (including phenoxy) is 1. The maximum Gasteiger partial charge on any atom is 0.340 e. The van der Waals surface area contributed by atoms with Crippen molar-refractivity contribution in [2.24, 2.45) is 0 Å². The SMILES string of the molecule is COCCN1CN(Cc2ccccc2-c2ccccc2)N2C=C(C(=O)O)C(=O)C(O)C2C1=O. The van der Waals surface area contributed by atoms with E-state index in [4.69, 9.17) is 4.74 Å². The lowest BCUT2D eigenvalue weighted by atomic mass is 9.94. The van der Waals surface area contributed by atoms with Gasteiger partial charge in [-0.1, -0.05) is 54.6 Å². The molecule has 9 heteroatoms. The summed E-state index contributed by atoms with van der Waals surface area (Å²) in [7, 11) is 1.52. The molecule has 2 atom stereocenters. The maximum absolute atomic E-state index is 13.1. The standard InChI is InChI=1S/C24H25N3O6/c1-33-12-11-25-15-26(13-17-9-5-6-10-18(17)16-7-3-2-4-8-16)27-14-19(24(31)32)21(28)22(29)20(27)23(25)30/h2-10,14,20,22,29H,11-13,15H2,1H3,(H,31,32). The summed E-state index contributed by atoms with van der Waals surface area (Å²) in [5.41, 5.74) is 2.40. The van der Waals surface area contributed by atoms with Crippen LogP contribution in [0.3, 0.4) is 0 Å². The third-order valence-corrected chi connectivity index (χ3v) is 5.86. The minimum atomic E-state index is -1.79.